The highest BCUT2D eigenvalue weighted by Gasteiger charge is 2.34. The molecule has 0 unspecified atom stereocenters. The van der Waals surface area contributed by atoms with E-state index in [0.717, 1.165) is 18.5 Å². The first-order valence-electron chi connectivity index (χ1n) is 7.57. The number of nitrogens with zero attached hydrogens (tertiary/aromatic N) is 1. The second-order valence-corrected chi connectivity index (χ2v) is 7.30. The Morgan fingerprint density at radius 1 is 1.37 bits per heavy atom. The number of hydrogen-bond donors (Lipinski definition) is 0. The molecule has 0 aromatic carbocycles. The minimum atomic E-state index is 0.301. The number of carbonyl (C=O) groups is 1. The predicted octanol–water partition coefficient (Wildman–Crippen LogP) is 3.89. The Morgan fingerprint density at radius 2 is 2.11 bits per heavy atom. The van der Waals surface area contributed by atoms with Gasteiger partial charge < -0.3 is 4.90 Å². The van der Waals surface area contributed by atoms with Crippen LogP contribution >= 0.6 is 11.3 Å². The first-order valence-corrected chi connectivity index (χ1v) is 8.45. The van der Waals surface area contributed by atoms with Crippen LogP contribution in [0.3, 0.4) is 0 Å². The third kappa shape index (κ3) is 2.71. The summed E-state index contributed by atoms with van der Waals surface area (Å²) < 4.78 is 0. The Hall–Kier alpha value is -0.830. The molecule has 0 spiro atoms. The van der Waals surface area contributed by atoms with Crippen LogP contribution in [0.25, 0.3) is 0 Å². The molecular formula is C16H23NOS. The minimum Gasteiger partial charge on any atom is -0.335 e. The van der Waals surface area contributed by atoms with Crippen molar-refractivity contribution in [2.45, 2.75) is 58.4 Å². The van der Waals surface area contributed by atoms with E-state index in [1.807, 2.05) is 0 Å². The monoisotopic (exact) mass is 277 g/mol. The SMILES string of the molecule is CC(C)CN(C(=O)c1csc2c1CCCC2)C1CC1. The summed E-state index contributed by atoms with van der Waals surface area (Å²) in [5.41, 5.74) is 2.39. The molecule has 2 nitrogen and oxygen atoms in total. The molecule has 3 heteroatoms. The molecule has 1 aromatic rings. The van der Waals surface area contributed by atoms with Crippen molar-refractivity contribution in [2.75, 3.05) is 6.54 Å². The number of aryl methyl sites for hydroxylation is 1. The molecule has 2 aliphatic carbocycles. The van der Waals surface area contributed by atoms with Gasteiger partial charge in [0.25, 0.3) is 5.91 Å². The van der Waals surface area contributed by atoms with Crippen LogP contribution in [0.4, 0.5) is 0 Å². The smallest absolute Gasteiger partial charge is 0.255 e. The summed E-state index contributed by atoms with van der Waals surface area (Å²) in [5, 5.41) is 2.12. The molecule has 1 fully saturated rings. The molecule has 0 N–H and O–H groups in total. The Kier molecular flexibility index (Phi) is 3.66. The third-order valence-electron chi connectivity index (χ3n) is 4.10. The maximum absolute atomic E-state index is 12.8. The molecule has 3 rings (SSSR count). The molecular weight excluding hydrogens is 254 g/mol. The summed E-state index contributed by atoms with van der Waals surface area (Å²) in [7, 11) is 0. The molecule has 104 valence electrons. The van der Waals surface area contributed by atoms with Gasteiger partial charge in [-0.05, 0) is 50.0 Å². The highest BCUT2D eigenvalue weighted by Crippen LogP contribution is 2.34. The first kappa shape index (κ1) is 13.2. The van der Waals surface area contributed by atoms with Crippen molar-refractivity contribution in [1.29, 1.82) is 0 Å². The van der Waals surface area contributed by atoms with Gasteiger partial charge in [0.1, 0.15) is 0 Å². The van der Waals surface area contributed by atoms with E-state index in [4.69, 9.17) is 0 Å². The van der Waals surface area contributed by atoms with Crippen molar-refractivity contribution in [1.82, 2.24) is 4.90 Å². The summed E-state index contributed by atoms with van der Waals surface area (Å²) in [6.45, 7) is 5.31. The maximum atomic E-state index is 12.8. The number of thiophene rings is 1. The van der Waals surface area contributed by atoms with Gasteiger partial charge in [0.05, 0.1) is 5.56 Å². The standard InChI is InChI=1S/C16H23NOS/c1-11(2)9-17(12-7-8-12)16(18)14-10-19-15-6-4-3-5-13(14)15/h10-12H,3-9H2,1-2H3. The van der Waals surface area contributed by atoms with Crippen LogP contribution in [0.2, 0.25) is 0 Å². The lowest BCUT2D eigenvalue weighted by atomic mass is 9.95. The number of fused-ring (bicyclic) bond motifs is 1. The summed E-state index contributed by atoms with van der Waals surface area (Å²) >= 11 is 1.80. The number of rotatable bonds is 4. The van der Waals surface area contributed by atoms with E-state index in [-0.39, 0.29) is 0 Å². The van der Waals surface area contributed by atoms with Gasteiger partial charge in [-0.2, -0.15) is 0 Å². The van der Waals surface area contributed by atoms with Crippen LogP contribution in [0.1, 0.15) is 60.3 Å². The molecule has 1 heterocycles. The van der Waals surface area contributed by atoms with Gasteiger partial charge in [-0.3, -0.25) is 4.79 Å². The zero-order valence-corrected chi connectivity index (χ0v) is 12.8. The highest BCUT2D eigenvalue weighted by atomic mass is 32.1. The molecule has 1 amide bonds. The van der Waals surface area contributed by atoms with Crippen molar-refractivity contribution < 1.29 is 4.79 Å². The van der Waals surface area contributed by atoms with Gasteiger partial charge in [0.15, 0.2) is 0 Å². The molecule has 0 bridgehead atoms. The van der Waals surface area contributed by atoms with E-state index < -0.39 is 0 Å². The predicted molar refractivity (Wildman–Crippen MR) is 79.9 cm³/mol. The maximum Gasteiger partial charge on any atom is 0.255 e. The summed E-state index contributed by atoms with van der Waals surface area (Å²) in [5.74, 6) is 0.856. The van der Waals surface area contributed by atoms with Crippen molar-refractivity contribution in [3.8, 4) is 0 Å². The van der Waals surface area contributed by atoms with Crippen LogP contribution in [0.15, 0.2) is 5.38 Å². The number of carbonyl (C=O) groups excluding carboxylic acids is 1. The Morgan fingerprint density at radius 3 is 2.79 bits per heavy atom. The van der Waals surface area contributed by atoms with E-state index in [1.54, 1.807) is 11.3 Å². The zero-order valence-electron chi connectivity index (χ0n) is 11.9. The second-order valence-electron chi connectivity index (χ2n) is 6.34. The molecule has 0 saturated heterocycles. The van der Waals surface area contributed by atoms with Crippen LogP contribution in [-0.4, -0.2) is 23.4 Å². The minimum absolute atomic E-state index is 0.301. The van der Waals surface area contributed by atoms with Crippen molar-refractivity contribution in [3.05, 3.63) is 21.4 Å². The second kappa shape index (κ2) is 5.28. The molecule has 2 aliphatic rings. The Bertz CT molecular complexity index is 473. The van der Waals surface area contributed by atoms with E-state index >= 15 is 0 Å². The van der Waals surface area contributed by atoms with Gasteiger partial charge in [-0.15, -0.1) is 11.3 Å². The van der Waals surface area contributed by atoms with E-state index in [1.165, 1.54) is 42.5 Å². The lowest BCUT2D eigenvalue weighted by molar-refractivity contribution is 0.0721. The largest absolute Gasteiger partial charge is 0.335 e. The average molecular weight is 277 g/mol. The fourth-order valence-electron chi connectivity index (χ4n) is 3.01. The fraction of sp³-hybridized carbons (Fsp3) is 0.688. The van der Waals surface area contributed by atoms with Gasteiger partial charge in [0.2, 0.25) is 0 Å². The van der Waals surface area contributed by atoms with E-state index in [0.29, 0.717) is 17.9 Å². The lowest BCUT2D eigenvalue weighted by Crippen LogP contribution is -2.36. The summed E-state index contributed by atoms with van der Waals surface area (Å²) in [4.78, 5) is 16.4. The van der Waals surface area contributed by atoms with Gasteiger partial charge in [-0.1, -0.05) is 13.8 Å². The van der Waals surface area contributed by atoms with Crippen LogP contribution < -0.4 is 0 Å². The van der Waals surface area contributed by atoms with Crippen molar-refractivity contribution in [2.24, 2.45) is 5.92 Å². The fourth-order valence-corrected chi connectivity index (χ4v) is 4.13. The van der Waals surface area contributed by atoms with Crippen LogP contribution in [-0.2, 0) is 12.8 Å². The van der Waals surface area contributed by atoms with Gasteiger partial charge in [-0.25, -0.2) is 0 Å². The van der Waals surface area contributed by atoms with Crippen LogP contribution in [0.5, 0.6) is 0 Å². The molecule has 0 atom stereocenters. The molecule has 1 aromatic heterocycles. The third-order valence-corrected chi connectivity index (χ3v) is 5.19. The normalized spacial score (nSPS) is 18.5. The number of amides is 1. The zero-order chi connectivity index (χ0) is 13.4. The highest BCUT2D eigenvalue weighted by molar-refractivity contribution is 7.10. The van der Waals surface area contributed by atoms with Gasteiger partial charge in [0, 0.05) is 22.8 Å². The molecule has 0 radical (unpaired) electrons. The molecule has 19 heavy (non-hydrogen) atoms. The number of hydrogen-bond acceptors (Lipinski definition) is 2. The quantitative estimate of drug-likeness (QED) is 0.817. The van der Waals surface area contributed by atoms with Crippen molar-refractivity contribution >= 4 is 17.2 Å². The van der Waals surface area contributed by atoms with E-state index in [9.17, 15) is 4.79 Å². The topological polar surface area (TPSA) is 20.3 Å². The molecule has 0 aliphatic heterocycles. The lowest BCUT2D eigenvalue weighted by Gasteiger charge is -2.25. The van der Waals surface area contributed by atoms with Crippen molar-refractivity contribution in [3.63, 3.8) is 0 Å². The first-order chi connectivity index (χ1) is 9.16. The van der Waals surface area contributed by atoms with Gasteiger partial charge >= 0.3 is 0 Å². The van der Waals surface area contributed by atoms with E-state index in [2.05, 4.69) is 24.1 Å². The van der Waals surface area contributed by atoms with Crippen LogP contribution in [0, 0.1) is 5.92 Å². The Balaban J connectivity index is 1.83. The molecule has 1 saturated carbocycles. The Labute approximate surface area is 119 Å². The summed E-state index contributed by atoms with van der Waals surface area (Å²) in [6.07, 6.45) is 7.23. The summed E-state index contributed by atoms with van der Waals surface area (Å²) in [6, 6.07) is 0.522. The average Bonchev–Trinajstić information content (AvgIpc) is 3.14.